The van der Waals surface area contributed by atoms with Gasteiger partial charge < -0.3 is 15.2 Å². The van der Waals surface area contributed by atoms with E-state index in [1.54, 1.807) is 0 Å². The minimum Gasteiger partial charge on any atom is -0.331 e. The van der Waals surface area contributed by atoms with Crippen molar-refractivity contribution < 1.29 is 4.79 Å². The first-order valence-corrected chi connectivity index (χ1v) is 11.4. The highest BCUT2D eigenvalue weighted by Gasteiger charge is 2.37. The predicted octanol–water partition coefficient (Wildman–Crippen LogP) is 2.07. The second-order valence-electron chi connectivity index (χ2n) is 8.07. The maximum atomic E-state index is 12.6. The van der Waals surface area contributed by atoms with Gasteiger partial charge in [-0.1, -0.05) is 12.1 Å². The zero-order valence-electron chi connectivity index (χ0n) is 16.8. The number of amides is 1. The van der Waals surface area contributed by atoms with Gasteiger partial charge in [-0.05, 0) is 31.4 Å². The highest BCUT2D eigenvalue weighted by Crippen LogP contribution is 2.28. The molecule has 0 saturated carbocycles. The van der Waals surface area contributed by atoms with Gasteiger partial charge in [0.15, 0.2) is 0 Å². The SMILES string of the molecule is Cl.Cl.O=C([C@@H]1C[C@H](N2CCC(n3c(=O)[nH]c4ccccc43)CC2)CN1)N1CCSC1. The summed E-state index contributed by atoms with van der Waals surface area (Å²) < 4.78 is 1.94. The summed E-state index contributed by atoms with van der Waals surface area (Å²) in [5, 5.41) is 3.45. The third-order valence-corrected chi connectivity index (χ3v) is 7.44. The molecule has 2 N–H and O–H groups in total. The van der Waals surface area contributed by atoms with Crippen LogP contribution < -0.4 is 11.0 Å². The molecule has 30 heavy (non-hydrogen) atoms. The van der Waals surface area contributed by atoms with Gasteiger partial charge in [0.2, 0.25) is 5.91 Å². The fourth-order valence-corrected chi connectivity index (χ4v) is 5.89. The highest BCUT2D eigenvalue weighted by atomic mass is 35.5. The maximum Gasteiger partial charge on any atom is 0.326 e. The molecule has 4 heterocycles. The Hall–Kier alpha value is -1.19. The van der Waals surface area contributed by atoms with Crippen LogP contribution >= 0.6 is 36.6 Å². The number of imidazole rings is 1. The van der Waals surface area contributed by atoms with E-state index in [1.807, 2.05) is 45.5 Å². The molecule has 3 aliphatic heterocycles. The lowest BCUT2D eigenvalue weighted by atomic mass is 10.0. The average Bonchev–Trinajstić information content (AvgIpc) is 3.47. The minimum atomic E-state index is -0.0299. The highest BCUT2D eigenvalue weighted by molar-refractivity contribution is 7.99. The average molecular weight is 474 g/mol. The summed E-state index contributed by atoms with van der Waals surface area (Å²) in [7, 11) is 0. The van der Waals surface area contributed by atoms with Gasteiger partial charge in [0.05, 0.1) is 23.0 Å². The Morgan fingerprint density at radius 1 is 1.07 bits per heavy atom. The van der Waals surface area contributed by atoms with Crippen LogP contribution in [0.15, 0.2) is 29.1 Å². The van der Waals surface area contributed by atoms with Gasteiger partial charge in [-0.15, -0.1) is 36.6 Å². The lowest BCUT2D eigenvalue weighted by molar-refractivity contribution is -0.131. The molecule has 0 spiro atoms. The van der Waals surface area contributed by atoms with Gasteiger partial charge in [-0.3, -0.25) is 14.3 Å². The molecule has 0 radical (unpaired) electrons. The number of para-hydroxylation sites is 2. The molecule has 0 unspecified atom stereocenters. The molecule has 1 aromatic heterocycles. The molecule has 3 fully saturated rings. The second-order valence-corrected chi connectivity index (χ2v) is 9.15. The number of thioether (sulfide) groups is 1. The van der Waals surface area contributed by atoms with Crippen LogP contribution in [0.4, 0.5) is 0 Å². The van der Waals surface area contributed by atoms with Crippen LogP contribution in [0.1, 0.15) is 25.3 Å². The Morgan fingerprint density at radius 3 is 2.57 bits per heavy atom. The first kappa shape index (κ1) is 23.5. The molecule has 0 aliphatic carbocycles. The number of likely N-dealkylation sites (tertiary alicyclic amines) is 1. The van der Waals surface area contributed by atoms with Crippen molar-refractivity contribution in [3.63, 3.8) is 0 Å². The summed E-state index contributed by atoms with van der Waals surface area (Å²) in [4.78, 5) is 32.6. The first-order chi connectivity index (χ1) is 13.7. The van der Waals surface area contributed by atoms with E-state index in [4.69, 9.17) is 0 Å². The zero-order valence-corrected chi connectivity index (χ0v) is 19.2. The Kier molecular flexibility index (Phi) is 7.79. The van der Waals surface area contributed by atoms with Crippen molar-refractivity contribution in [2.24, 2.45) is 0 Å². The molecule has 2 aromatic rings. The van der Waals surface area contributed by atoms with Crippen LogP contribution in [0.25, 0.3) is 11.0 Å². The largest absolute Gasteiger partial charge is 0.331 e. The fourth-order valence-electron chi connectivity index (χ4n) is 4.94. The van der Waals surface area contributed by atoms with Crippen LogP contribution in [-0.2, 0) is 4.79 Å². The number of benzene rings is 1. The van der Waals surface area contributed by atoms with Crippen molar-refractivity contribution in [3.8, 4) is 0 Å². The Labute approximate surface area is 192 Å². The van der Waals surface area contributed by atoms with Gasteiger partial charge in [0, 0.05) is 44.0 Å². The van der Waals surface area contributed by atoms with E-state index in [0.717, 1.165) is 68.1 Å². The summed E-state index contributed by atoms with van der Waals surface area (Å²) >= 11 is 1.84. The number of carbonyl (C=O) groups is 1. The van der Waals surface area contributed by atoms with E-state index in [2.05, 4.69) is 15.2 Å². The van der Waals surface area contributed by atoms with Crippen LogP contribution in [0, 0.1) is 0 Å². The molecule has 7 nitrogen and oxygen atoms in total. The Balaban J connectivity index is 0.00000128. The topological polar surface area (TPSA) is 73.4 Å². The van der Waals surface area contributed by atoms with E-state index < -0.39 is 0 Å². The summed E-state index contributed by atoms with van der Waals surface area (Å²) in [6.45, 7) is 3.72. The van der Waals surface area contributed by atoms with Crippen molar-refractivity contribution in [2.45, 2.75) is 37.4 Å². The van der Waals surface area contributed by atoms with Crippen molar-refractivity contribution in [1.82, 2.24) is 24.7 Å². The quantitative estimate of drug-likeness (QED) is 0.713. The fraction of sp³-hybridized carbons (Fsp3) is 0.600. The Bertz CT molecular complexity index is 921. The van der Waals surface area contributed by atoms with Gasteiger partial charge in [0.1, 0.15) is 0 Å². The van der Waals surface area contributed by atoms with Gasteiger partial charge in [-0.2, -0.15) is 0 Å². The summed E-state index contributed by atoms with van der Waals surface area (Å²) in [6, 6.07) is 8.56. The molecule has 0 bridgehead atoms. The number of halogens is 2. The maximum absolute atomic E-state index is 12.6. The van der Waals surface area contributed by atoms with Crippen LogP contribution in [0.2, 0.25) is 0 Å². The van der Waals surface area contributed by atoms with E-state index in [1.165, 1.54) is 0 Å². The molecule has 10 heteroatoms. The van der Waals surface area contributed by atoms with E-state index in [9.17, 15) is 9.59 Å². The number of carbonyl (C=O) groups excluding carboxylic acids is 1. The first-order valence-electron chi connectivity index (χ1n) is 10.2. The minimum absolute atomic E-state index is 0. The molecular formula is C20H29Cl2N5O2S. The number of aromatic nitrogens is 2. The number of fused-ring (bicyclic) bond motifs is 1. The molecule has 3 saturated heterocycles. The Morgan fingerprint density at radius 2 is 1.83 bits per heavy atom. The van der Waals surface area contributed by atoms with Gasteiger partial charge >= 0.3 is 5.69 Å². The van der Waals surface area contributed by atoms with Crippen LogP contribution in [0.3, 0.4) is 0 Å². The van der Waals surface area contributed by atoms with E-state index in [-0.39, 0.29) is 48.5 Å². The molecule has 1 aromatic carbocycles. The number of aromatic amines is 1. The number of nitrogens with zero attached hydrogens (tertiary/aromatic N) is 3. The van der Waals surface area contributed by atoms with Gasteiger partial charge in [0.25, 0.3) is 0 Å². The van der Waals surface area contributed by atoms with Crippen LogP contribution in [0.5, 0.6) is 0 Å². The summed E-state index contributed by atoms with van der Waals surface area (Å²) in [5.41, 5.74) is 1.91. The molecule has 166 valence electrons. The third kappa shape index (κ3) is 4.39. The lowest BCUT2D eigenvalue weighted by Crippen LogP contribution is -2.44. The van der Waals surface area contributed by atoms with Gasteiger partial charge in [-0.25, -0.2) is 4.79 Å². The standard InChI is InChI=1S/C20H27N5O2S.2ClH/c26-19(24-9-10-28-13-24)17-11-15(12-21-17)23-7-5-14(6-8-23)25-18-4-2-1-3-16(18)22-20(25)27;;/h1-4,14-15,17,21H,5-13H2,(H,22,27);2*1H/t15-,17-;;/m0../s1. The van der Waals surface area contributed by atoms with Crippen molar-refractivity contribution in [3.05, 3.63) is 34.7 Å². The predicted molar refractivity (Wildman–Crippen MR) is 126 cm³/mol. The smallest absolute Gasteiger partial charge is 0.326 e. The molecule has 3 aliphatic rings. The lowest BCUT2D eigenvalue weighted by Gasteiger charge is -2.36. The summed E-state index contributed by atoms with van der Waals surface area (Å²) in [5.74, 6) is 2.17. The molecular weight excluding hydrogens is 445 g/mol. The zero-order chi connectivity index (χ0) is 19.1. The monoisotopic (exact) mass is 473 g/mol. The second kappa shape index (κ2) is 9.96. The normalized spacial score (nSPS) is 25.3. The number of hydrogen-bond donors (Lipinski definition) is 2. The van der Waals surface area contributed by atoms with Crippen molar-refractivity contribution in [2.75, 3.05) is 37.8 Å². The van der Waals surface area contributed by atoms with Crippen molar-refractivity contribution >= 4 is 53.5 Å². The van der Waals surface area contributed by atoms with Crippen LogP contribution in [-0.4, -0.2) is 75.2 Å². The third-order valence-electron chi connectivity index (χ3n) is 6.47. The number of piperidine rings is 1. The summed E-state index contributed by atoms with van der Waals surface area (Å²) in [6.07, 6.45) is 2.84. The number of rotatable bonds is 3. The molecule has 5 rings (SSSR count). The molecule has 2 atom stereocenters. The van der Waals surface area contributed by atoms with Crippen molar-refractivity contribution in [1.29, 1.82) is 0 Å². The number of hydrogen-bond acceptors (Lipinski definition) is 5. The molecule has 1 amide bonds. The van der Waals surface area contributed by atoms with E-state index >= 15 is 0 Å². The van der Waals surface area contributed by atoms with E-state index in [0.29, 0.717) is 6.04 Å². The number of nitrogens with one attached hydrogen (secondary N) is 2. The number of H-pyrrole nitrogens is 1.